The fourth-order valence-corrected chi connectivity index (χ4v) is 18.8. The van der Waals surface area contributed by atoms with Gasteiger partial charge in [-0.25, -0.2) is 0 Å². The van der Waals surface area contributed by atoms with Gasteiger partial charge in [-0.2, -0.15) is 0 Å². The van der Waals surface area contributed by atoms with Gasteiger partial charge in [0.15, 0.2) is 0 Å². The van der Waals surface area contributed by atoms with Crippen LogP contribution in [0.1, 0.15) is 13.3 Å². The second-order valence-corrected chi connectivity index (χ2v) is 18.5. The fraction of sp³-hybridized carbons (Fsp3) is 0.136. The number of rotatable bonds is 5. The fourth-order valence-electron chi connectivity index (χ4n) is 3.75. The Morgan fingerprint density at radius 1 is 0.708 bits per heavy atom. The zero-order valence-electron chi connectivity index (χ0n) is 13.9. The van der Waals surface area contributed by atoms with Crippen LogP contribution in [0.2, 0.25) is 3.93 Å². The summed E-state index contributed by atoms with van der Waals surface area (Å²) in [6, 6.07) is 35.1. The van der Waals surface area contributed by atoms with Crippen molar-refractivity contribution in [2.24, 2.45) is 0 Å². The summed E-state index contributed by atoms with van der Waals surface area (Å²) in [5.74, 6) is 0. The summed E-state index contributed by atoms with van der Waals surface area (Å²) < 4.78 is 4.67. The SMILES string of the molecule is C[CH](CC#N)[Sn]([c]1ccccc1)([c]1ccccc1)[c]1ccccc1. The summed E-state index contributed by atoms with van der Waals surface area (Å²) in [7, 11) is 0. The number of hydrogen-bond donors (Lipinski definition) is 0. The van der Waals surface area contributed by atoms with Crippen LogP contribution in [-0.2, 0) is 0 Å². The van der Waals surface area contributed by atoms with Crippen molar-refractivity contribution in [3.05, 3.63) is 91.0 Å². The molecule has 1 unspecified atom stereocenters. The van der Waals surface area contributed by atoms with Gasteiger partial charge >= 0.3 is 149 Å². The van der Waals surface area contributed by atoms with Crippen LogP contribution in [0.4, 0.5) is 0 Å². The molecule has 118 valence electrons. The van der Waals surface area contributed by atoms with E-state index in [1.54, 1.807) is 0 Å². The van der Waals surface area contributed by atoms with Crippen molar-refractivity contribution in [3.63, 3.8) is 0 Å². The van der Waals surface area contributed by atoms with Crippen molar-refractivity contribution < 1.29 is 0 Å². The molecule has 0 radical (unpaired) electrons. The molecule has 0 bridgehead atoms. The molecule has 0 aliphatic carbocycles. The quantitative estimate of drug-likeness (QED) is 0.583. The minimum atomic E-state index is -3.26. The van der Waals surface area contributed by atoms with Gasteiger partial charge in [0.1, 0.15) is 0 Å². The average Bonchev–Trinajstić information content (AvgIpc) is 2.65. The summed E-state index contributed by atoms with van der Waals surface area (Å²) >= 11 is -3.26. The van der Waals surface area contributed by atoms with E-state index in [0.29, 0.717) is 10.4 Å². The van der Waals surface area contributed by atoms with Gasteiger partial charge in [-0.3, -0.25) is 0 Å². The van der Waals surface area contributed by atoms with Crippen molar-refractivity contribution in [1.29, 1.82) is 5.26 Å². The molecule has 0 amide bonds. The summed E-state index contributed by atoms with van der Waals surface area (Å²) in [5.41, 5.74) is 0. The molecule has 3 rings (SSSR count). The van der Waals surface area contributed by atoms with E-state index in [2.05, 4.69) is 104 Å². The summed E-state index contributed by atoms with van der Waals surface area (Å²) in [6.45, 7) is 2.27. The van der Waals surface area contributed by atoms with Gasteiger partial charge in [-0.1, -0.05) is 0 Å². The Morgan fingerprint density at radius 3 is 1.33 bits per heavy atom. The van der Waals surface area contributed by atoms with E-state index < -0.39 is 18.4 Å². The van der Waals surface area contributed by atoms with Crippen LogP contribution >= 0.6 is 0 Å². The van der Waals surface area contributed by atoms with Crippen molar-refractivity contribution in [2.75, 3.05) is 0 Å². The molecule has 0 aliphatic heterocycles. The standard InChI is InChI=1S/3C6H5.C4H6N.Sn/c3*1-2-4-6-5-3-1;1-2-3-4-5;/h3*1-5H;2H,3H2,1H3;. The normalized spacial score (nSPS) is 12.3. The van der Waals surface area contributed by atoms with Crippen LogP contribution in [0.25, 0.3) is 0 Å². The Labute approximate surface area is 148 Å². The predicted octanol–water partition coefficient (Wildman–Crippen LogP) is 3.46. The van der Waals surface area contributed by atoms with E-state index in [1.807, 2.05) is 0 Å². The first-order valence-corrected chi connectivity index (χ1v) is 14.3. The number of nitrogens with zero attached hydrogens (tertiary/aromatic N) is 1. The molecule has 1 atom stereocenters. The summed E-state index contributed by atoms with van der Waals surface area (Å²) in [6.07, 6.45) is 0.592. The molecule has 0 fully saturated rings. The Morgan fingerprint density at radius 2 is 1.04 bits per heavy atom. The van der Waals surface area contributed by atoms with Gasteiger partial charge < -0.3 is 0 Å². The topological polar surface area (TPSA) is 23.8 Å². The molecule has 24 heavy (non-hydrogen) atoms. The average molecular weight is 418 g/mol. The van der Waals surface area contributed by atoms with Crippen molar-refractivity contribution in [1.82, 2.24) is 0 Å². The minimum absolute atomic E-state index is 0.358. The van der Waals surface area contributed by atoms with E-state index in [0.717, 1.165) is 0 Å². The monoisotopic (exact) mass is 419 g/mol. The third-order valence-corrected chi connectivity index (χ3v) is 20.3. The van der Waals surface area contributed by atoms with Crippen LogP contribution in [0.3, 0.4) is 0 Å². The molecule has 3 aromatic rings. The van der Waals surface area contributed by atoms with Crippen molar-refractivity contribution >= 4 is 29.1 Å². The van der Waals surface area contributed by atoms with Crippen LogP contribution < -0.4 is 10.7 Å². The molecule has 0 spiro atoms. The van der Waals surface area contributed by atoms with Crippen molar-refractivity contribution in [2.45, 2.75) is 17.3 Å². The first-order valence-electron chi connectivity index (χ1n) is 8.33. The number of benzene rings is 3. The van der Waals surface area contributed by atoms with Gasteiger partial charge in [-0.05, 0) is 0 Å². The Hall–Kier alpha value is -2.05. The molecule has 3 aromatic carbocycles. The maximum absolute atomic E-state index is 9.42. The van der Waals surface area contributed by atoms with Crippen molar-refractivity contribution in [3.8, 4) is 6.07 Å². The zero-order chi connectivity index (χ0) is 16.8. The molecule has 0 aliphatic rings. The molecule has 0 heterocycles. The maximum atomic E-state index is 9.42. The van der Waals surface area contributed by atoms with Gasteiger partial charge in [-0.15, -0.1) is 0 Å². The zero-order valence-corrected chi connectivity index (χ0v) is 16.7. The summed E-state index contributed by atoms with van der Waals surface area (Å²) in [4.78, 5) is 0. The van der Waals surface area contributed by atoms with Gasteiger partial charge in [0, 0.05) is 0 Å². The molecular weight excluding hydrogens is 397 g/mol. The molecule has 0 aromatic heterocycles. The molecule has 0 saturated carbocycles. The van der Waals surface area contributed by atoms with E-state index in [1.165, 1.54) is 10.7 Å². The number of nitriles is 1. The van der Waals surface area contributed by atoms with Crippen LogP contribution in [0.15, 0.2) is 91.0 Å². The second-order valence-electron chi connectivity index (χ2n) is 6.17. The van der Waals surface area contributed by atoms with Crippen LogP contribution in [0.5, 0.6) is 0 Å². The molecular formula is C22H21NSn. The Kier molecular flexibility index (Phi) is 5.37. The number of hydrogen-bond acceptors (Lipinski definition) is 1. The molecule has 0 saturated heterocycles. The first-order chi connectivity index (χ1) is 11.8. The van der Waals surface area contributed by atoms with E-state index >= 15 is 0 Å². The molecule has 0 N–H and O–H groups in total. The van der Waals surface area contributed by atoms with Crippen LogP contribution in [0, 0.1) is 11.3 Å². The van der Waals surface area contributed by atoms with E-state index in [4.69, 9.17) is 0 Å². The third-order valence-electron chi connectivity index (χ3n) is 4.82. The predicted molar refractivity (Wildman–Crippen MR) is 104 cm³/mol. The van der Waals surface area contributed by atoms with Gasteiger partial charge in [0.2, 0.25) is 0 Å². The third kappa shape index (κ3) is 2.99. The molecule has 1 nitrogen and oxygen atoms in total. The van der Waals surface area contributed by atoms with E-state index in [9.17, 15) is 5.26 Å². The van der Waals surface area contributed by atoms with Gasteiger partial charge in [0.25, 0.3) is 0 Å². The van der Waals surface area contributed by atoms with E-state index in [-0.39, 0.29) is 0 Å². The van der Waals surface area contributed by atoms with Crippen LogP contribution in [-0.4, -0.2) is 18.4 Å². The second kappa shape index (κ2) is 7.68. The Bertz CT molecular complexity index is 710. The molecule has 2 heteroatoms. The first kappa shape index (κ1) is 16.8. The van der Waals surface area contributed by atoms with Gasteiger partial charge in [0.05, 0.1) is 0 Å². The Balaban J connectivity index is 2.35. The summed E-state index contributed by atoms with van der Waals surface area (Å²) in [5, 5.41) is 9.42.